The number of piperazine rings is 1. The molecule has 0 radical (unpaired) electrons. The van der Waals surface area contributed by atoms with E-state index < -0.39 is 17.6 Å². The second kappa shape index (κ2) is 5.60. The summed E-state index contributed by atoms with van der Waals surface area (Å²) in [7, 11) is 3.50. The molecule has 0 saturated carbocycles. The highest BCUT2D eigenvalue weighted by Crippen LogP contribution is 2.33. The molecule has 4 heterocycles. The van der Waals surface area contributed by atoms with E-state index in [1.807, 2.05) is 11.9 Å². The molecule has 4 rings (SSSR count). The molecule has 0 aromatic carbocycles. The molecule has 1 fully saturated rings. The van der Waals surface area contributed by atoms with Crippen LogP contribution in [0.3, 0.4) is 0 Å². The molecule has 2 aliphatic rings. The lowest BCUT2D eigenvalue weighted by Crippen LogP contribution is -2.57. The van der Waals surface area contributed by atoms with Crippen LogP contribution in [0.2, 0.25) is 0 Å². The molecular formula is C17H20FN5O2. The lowest BCUT2D eigenvalue weighted by atomic mass is 10.0. The Kier molecular flexibility index (Phi) is 3.62. The zero-order chi connectivity index (χ0) is 17.9. The third-order valence-corrected chi connectivity index (χ3v) is 5.09. The van der Waals surface area contributed by atoms with Gasteiger partial charge in [0, 0.05) is 26.7 Å². The Morgan fingerprint density at radius 1 is 1.28 bits per heavy atom. The molecule has 7 nitrogen and oxygen atoms in total. The highest BCUT2D eigenvalue weighted by Gasteiger charge is 2.34. The maximum Gasteiger partial charge on any atom is 0.349 e. The van der Waals surface area contributed by atoms with Crippen LogP contribution >= 0.6 is 0 Å². The van der Waals surface area contributed by atoms with Crippen molar-refractivity contribution in [3.63, 3.8) is 0 Å². The van der Waals surface area contributed by atoms with E-state index in [-0.39, 0.29) is 17.3 Å². The minimum atomic E-state index is -0.732. The van der Waals surface area contributed by atoms with Crippen molar-refractivity contribution in [3.8, 4) is 0 Å². The number of aryl methyl sites for hydroxylation is 2. The van der Waals surface area contributed by atoms with Crippen molar-refractivity contribution in [2.45, 2.75) is 19.1 Å². The number of pyridine rings is 1. The number of nitrogens with zero attached hydrogens (tertiary/aromatic N) is 5. The first-order valence-electron chi connectivity index (χ1n) is 8.26. The van der Waals surface area contributed by atoms with Crippen LogP contribution in [0.15, 0.2) is 10.9 Å². The molecule has 0 aliphatic carbocycles. The standard InChI is InChI=1S/C17H20FN5O2/c1-9-14(18)15-13-10(19-9)4-5-12(24)11-8-21(2)6-7-23(11)16(13)20-17(25)22(15)3/h4-5,11-12,24H,6-8H2,1-3H3/b5-4-. The van der Waals surface area contributed by atoms with E-state index in [0.29, 0.717) is 30.0 Å². The van der Waals surface area contributed by atoms with Crippen molar-refractivity contribution in [1.82, 2.24) is 19.4 Å². The van der Waals surface area contributed by atoms with Gasteiger partial charge in [-0.25, -0.2) is 14.2 Å². The van der Waals surface area contributed by atoms with Gasteiger partial charge in [0.05, 0.1) is 34.4 Å². The van der Waals surface area contributed by atoms with Gasteiger partial charge < -0.3 is 14.9 Å². The molecular weight excluding hydrogens is 325 g/mol. The van der Waals surface area contributed by atoms with Crippen molar-refractivity contribution in [3.05, 3.63) is 33.8 Å². The molecule has 132 valence electrons. The number of aromatic nitrogens is 3. The van der Waals surface area contributed by atoms with E-state index >= 15 is 0 Å². The Morgan fingerprint density at radius 2 is 2.04 bits per heavy atom. The average molecular weight is 345 g/mol. The normalized spacial score (nSPS) is 24.8. The third kappa shape index (κ3) is 2.36. The van der Waals surface area contributed by atoms with Crippen molar-refractivity contribution >= 4 is 22.8 Å². The quantitative estimate of drug-likeness (QED) is 0.740. The summed E-state index contributed by atoms with van der Waals surface area (Å²) >= 11 is 0. The monoisotopic (exact) mass is 345 g/mol. The van der Waals surface area contributed by atoms with Gasteiger partial charge in [0.2, 0.25) is 0 Å². The first-order valence-corrected chi connectivity index (χ1v) is 8.26. The van der Waals surface area contributed by atoms with Gasteiger partial charge in [-0.3, -0.25) is 4.57 Å². The molecule has 8 heteroatoms. The highest BCUT2D eigenvalue weighted by atomic mass is 19.1. The van der Waals surface area contributed by atoms with E-state index in [2.05, 4.69) is 14.9 Å². The fraction of sp³-hybridized carbons (Fsp3) is 0.471. The summed E-state index contributed by atoms with van der Waals surface area (Å²) in [5.41, 5.74) is 0.415. The maximum atomic E-state index is 14.8. The zero-order valence-corrected chi connectivity index (χ0v) is 14.4. The van der Waals surface area contributed by atoms with Gasteiger partial charge in [0.25, 0.3) is 0 Å². The fourth-order valence-corrected chi connectivity index (χ4v) is 3.70. The second-order valence-corrected chi connectivity index (χ2v) is 6.77. The smallest absolute Gasteiger partial charge is 0.349 e. The Hall–Kier alpha value is -2.32. The van der Waals surface area contributed by atoms with Gasteiger partial charge in [-0.15, -0.1) is 0 Å². The van der Waals surface area contributed by atoms with Crippen LogP contribution in [-0.2, 0) is 7.05 Å². The van der Waals surface area contributed by atoms with Crippen LogP contribution in [0.5, 0.6) is 0 Å². The van der Waals surface area contributed by atoms with Gasteiger partial charge in [0.15, 0.2) is 5.82 Å². The van der Waals surface area contributed by atoms with Crippen molar-refractivity contribution in [2.75, 3.05) is 31.6 Å². The zero-order valence-electron chi connectivity index (χ0n) is 14.4. The van der Waals surface area contributed by atoms with Crippen molar-refractivity contribution < 1.29 is 9.50 Å². The SMILES string of the molecule is Cc1nc2c3c(nc(=O)n(C)c3c1F)N1CCN(C)CC1C(O)/C=C\2. The molecule has 1 N–H and O–H groups in total. The summed E-state index contributed by atoms with van der Waals surface area (Å²) in [6.07, 6.45) is 2.65. The fourth-order valence-electron chi connectivity index (χ4n) is 3.70. The number of halogens is 1. The van der Waals surface area contributed by atoms with Gasteiger partial charge in [-0.1, -0.05) is 6.08 Å². The van der Waals surface area contributed by atoms with E-state index in [9.17, 15) is 14.3 Å². The highest BCUT2D eigenvalue weighted by molar-refractivity contribution is 5.96. The Balaban J connectivity index is 2.11. The first kappa shape index (κ1) is 16.2. The van der Waals surface area contributed by atoms with E-state index in [1.54, 1.807) is 19.1 Å². The van der Waals surface area contributed by atoms with Crippen molar-refractivity contribution in [1.29, 1.82) is 0 Å². The van der Waals surface area contributed by atoms with Gasteiger partial charge in [-0.05, 0) is 20.0 Å². The number of hydrogen-bond acceptors (Lipinski definition) is 6. The number of fused-ring (bicyclic) bond motifs is 2. The summed E-state index contributed by atoms with van der Waals surface area (Å²) in [6.45, 7) is 3.55. The van der Waals surface area contributed by atoms with Crippen LogP contribution in [0.25, 0.3) is 17.0 Å². The lowest BCUT2D eigenvalue weighted by Gasteiger charge is -2.43. The predicted octanol–water partition coefficient (Wildman–Crippen LogP) is 0.284. The minimum Gasteiger partial charge on any atom is -0.387 e. The molecule has 1 saturated heterocycles. The van der Waals surface area contributed by atoms with Crippen LogP contribution in [-0.4, -0.2) is 63.4 Å². The van der Waals surface area contributed by atoms with Gasteiger partial charge in [0.1, 0.15) is 5.82 Å². The van der Waals surface area contributed by atoms with Crippen LogP contribution in [0.4, 0.5) is 10.2 Å². The van der Waals surface area contributed by atoms with Gasteiger partial charge in [-0.2, -0.15) is 4.98 Å². The summed E-state index contributed by atoms with van der Waals surface area (Å²) in [4.78, 5) is 24.9. The first-order chi connectivity index (χ1) is 11.9. The summed E-state index contributed by atoms with van der Waals surface area (Å²) in [6, 6.07) is -0.254. The molecule has 2 aromatic rings. The number of anilines is 1. The van der Waals surface area contributed by atoms with E-state index in [4.69, 9.17) is 0 Å². The molecule has 0 spiro atoms. The summed E-state index contributed by atoms with van der Waals surface area (Å²) in [5, 5.41) is 11.1. The minimum absolute atomic E-state index is 0.205. The molecule has 2 atom stereocenters. The molecule has 0 amide bonds. The largest absolute Gasteiger partial charge is 0.387 e. The summed E-state index contributed by atoms with van der Waals surface area (Å²) in [5.74, 6) is -0.108. The molecule has 25 heavy (non-hydrogen) atoms. The maximum absolute atomic E-state index is 14.8. The lowest BCUT2D eigenvalue weighted by molar-refractivity contribution is 0.141. The number of rotatable bonds is 0. The molecule has 2 aromatic heterocycles. The van der Waals surface area contributed by atoms with Crippen molar-refractivity contribution in [2.24, 2.45) is 7.05 Å². The summed E-state index contributed by atoms with van der Waals surface area (Å²) < 4.78 is 16.0. The van der Waals surface area contributed by atoms with Crippen LogP contribution < -0.4 is 10.6 Å². The van der Waals surface area contributed by atoms with E-state index in [1.165, 1.54) is 11.6 Å². The number of aliphatic hydroxyl groups excluding tert-OH is 1. The second-order valence-electron chi connectivity index (χ2n) is 6.77. The van der Waals surface area contributed by atoms with Gasteiger partial charge >= 0.3 is 5.69 Å². The third-order valence-electron chi connectivity index (χ3n) is 5.09. The Bertz CT molecular complexity index is 954. The number of likely N-dealkylation sites (N-methyl/N-ethyl adjacent to an activating group) is 1. The topological polar surface area (TPSA) is 74.5 Å². The molecule has 2 unspecified atom stereocenters. The Morgan fingerprint density at radius 3 is 2.80 bits per heavy atom. The predicted molar refractivity (Wildman–Crippen MR) is 93.1 cm³/mol. The van der Waals surface area contributed by atoms with E-state index in [0.717, 1.165) is 6.54 Å². The van der Waals surface area contributed by atoms with Crippen LogP contribution in [0, 0.1) is 12.7 Å². The molecule has 2 aliphatic heterocycles. The average Bonchev–Trinajstić information content (AvgIpc) is 2.58. The van der Waals surface area contributed by atoms with Crippen LogP contribution in [0.1, 0.15) is 11.4 Å². The Labute approximate surface area is 144 Å². The molecule has 0 bridgehead atoms. The number of hydrogen-bond donors (Lipinski definition) is 1. The number of aliphatic hydroxyl groups is 1.